The van der Waals surface area contributed by atoms with Crippen molar-refractivity contribution in [2.24, 2.45) is 13.0 Å². The third-order valence-electron chi connectivity index (χ3n) is 3.21. The Morgan fingerprint density at radius 3 is 3.12 bits per heavy atom. The minimum atomic E-state index is -0.0422. The van der Waals surface area contributed by atoms with Crippen LogP contribution in [0.3, 0.4) is 0 Å². The zero-order valence-electron chi connectivity index (χ0n) is 9.73. The van der Waals surface area contributed by atoms with E-state index >= 15 is 0 Å². The third kappa shape index (κ3) is 2.24. The third-order valence-corrected chi connectivity index (χ3v) is 3.21. The SMILES string of the molecule is CC(NC(=O)c1cncn1C)C1CCNC1. The molecular formula is C11H18N4O. The molecule has 1 aromatic rings. The van der Waals surface area contributed by atoms with Crippen molar-refractivity contribution >= 4 is 5.91 Å². The fourth-order valence-electron chi connectivity index (χ4n) is 2.08. The average molecular weight is 222 g/mol. The summed E-state index contributed by atoms with van der Waals surface area (Å²) >= 11 is 0. The van der Waals surface area contributed by atoms with E-state index in [1.54, 1.807) is 17.1 Å². The Balaban J connectivity index is 1.94. The first kappa shape index (κ1) is 11.1. The van der Waals surface area contributed by atoms with E-state index in [-0.39, 0.29) is 11.9 Å². The van der Waals surface area contributed by atoms with Crippen molar-refractivity contribution in [3.8, 4) is 0 Å². The molecule has 0 spiro atoms. The summed E-state index contributed by atoms with van der Waals surface area (Å²) in [5, 5.41) is 6.33. The normalized spacial score (nSPS) is 22.0. The highest BCUT2D eigenvalue weighted by atomic mass is 16.2. The molecule has 1 aliphatic heterocycles. The molecule has 1 aromatic heterocycles. The second kappa shape index (κ2) is 4.65. The monoisotopic (exact) mass is 222 g/mol. The molecule has 88 valence electrons. The molecule has 1 amide bonds. The standard InChI is InChI=1S/C11H18N4O/c1-8(9-3-4-12-5-9)14-11(16)10-6-13-7-15(10)2/h6-9,12H,3-5H2,1-2H3,(H,14,16). The molecule has 5 nitrogen and oxygen atoms in total. The highest BCUT2D eigenvalue weighted by Gasteiger charge is 2.23. The Kier molecular flexibility index (Phi) is 3.24. The van der Waals surface area contributed by atoms with Crippen molar-refractivity contribution < 1.29 is 4.79 Å². The summed E-state index contributed by atoms with van der Waals surface area (Å²) in [6.07, 6.45) is 4.36. The summed E-state index contributed by atoms with van der Waals surface area (Å²) in [6, 6.07) is 0.206. The van der Waals surface area contributed by atoms with Crippen LogP contribution in [0.5, 0.6) is 0 Å². The van der Waals surface area contributed by atoms with Crippen LogP contribution < -0.4 is 10.6 Å². The van der Waals surface area contributed by atoms with E-state index in [0.29, 0.717) is 11.6 Å². The molecule has 2 heterocycles. The fraction of sp³-hybridized carbons (Fsp3) is 0.636. The van der Waals surface area contributed by atoms with Crippen LogP contribution in [0.1, 0.15) is 23.8 Å². The van der Waals surface area contributed by atoms with Crippen LogP contribution in [0, 0.1) is 5.92 Å². The van der Waals surface area contributed by atoms with Crippen LogP contribution in [-0.2, 0) is 7.05 Å². The Labute approximate surface area is 95.2 Å². The van der Waals surface area contributed by atoms with E-state index in [1.807, 2.05) is 7.05 Å². The number of hydrogen-bond acceptors (Lipinski definition) is 3. The first-order chi connectivity index (χ1) is 7.68. The van der Waals surface area contributed by atoms with Gasteiger partial charge in [-0.3, -0.25) is 4.79 Å². The van der Waals surface area contributed by atoms with Gasteiger partial charge in [-0.2, -0.15) is 0 Å². The van der Waals surface area contributed by atoms with Crippen molar-refractivity contribution in [1.82, 2.24) is 20.2 Å². The number of imidazole rings is 1. The first-order valence-corrected chi connectivity index (χ1v) is 5.66. The van der Waals surface area contributed by atoms with Gasteiger partial charge in [-0.05, 0) is 32.4 Å². The molecule has 0 aromatic carbocycles. The van der Waals surface area contributed by atoms with Gasteiger partial charge >= 0.3 is 0 Å². The van der Waals surface area contributed by atoms with Crippen LogP contribution >= 0.6 is 0 Å². The highest BCUT2D eigenvalue weighted by Crippen LogP contribution is 2.12. The predicted octanol–water partition coefficient (Wildman–Crippen LogP) is 0.148. The molecule has 1 fully saturated rings. The van der Waals surface area contributed by atoms with Gasteiger partial charge in [0.15, 0.2) is 0 Å². The van der Waals surface area contributed by atoms with Gasteiger partial charge in [0.1, 0.15) is 5.69 Å². The topological polar surface area (TPSA) is 59.0 Å². The van der Waals surface area contributed by atoms with Crippen LogP contribution in [-0.4, -0.2) is 34.6 Å². The smallest absolute Gasteiger partial charge is 0.269 e. The van der Waals surface area contributed by atoms with Gasteiger partial charge in [0.25, 0.3) is 5.91 Å². The maximum atomic E-state index is 11.9. The van der Waals surface area contributed by atoms with Crippen LogP contribution in [0.4, 0.5) is 0 Å². The molecular weight excluding hydrogens is 204 g/mol. The quantitative estimate of drug-likeness (QED) is 0.765. The van der Waals surface area contributed by atoms with E-state index < -0.39 is 0 Å². The molecule has 16 heavy (non-hydrogen) atoms. The Hall–Kier alpha value is -1.36. The van der Waals surface area contributed by atoms with Crippen molar-refractivity contribution in [2.45, 2.75) is 19.4 Å². The van der Waals surface area contributed by atoms with Gasteiger partial charge in [0.05, 0.1) is 12.5 Å². The Morgan fingerprint density at radius 1 is 1.75 bits per heavy atom. The predicted molar refractivity (Wildman–Crippen MR) is 61.1 cm³/mol. The lowest BCUT2D eigenvalue weighted by atomic mass is 10.0. The van der Waals surface area contributed by atoms with Crippen LogP contribution in [0.15, 0.2) is 12.5 Å². The lowest BCUT2D eigenvalue weighted by molar-refractivity contribution is 0.0920. The molecule has 0 aliphatic carbocycles. The zero-order chi connectivity index (χ0) is 11.5. The van der Waals surface area contributed by atoms with Crippen LogP contribution in [0.25, 0.3) is 0 Å². The largest absolute Gasteiger partial charge is 0.348 e. The molecule has 2 rings (SSSR count). The number of amides is 1. The molecule has 2 N–H and O–H groups in total. The Morgan fingerprint density at radius 2 is 2.56 bits per heavy atom. The lowest BCUT2D eigenvalue weighted by Gasteiger charge is -2.19. The molecule has 2 atom stereocenters. The summed E-state index contributed by atoms with van der Waals surface area (Å²) < 4.78 is 1.73. The summed E-state index contributed by atoms with van der Waals surface area (Å²) in [5.41, 5.74) is 0.609. The van der Waals surface area contributed by atoms with Gasteiger partial charge in [0, 0.05) is 13.1 Å². The number of carbonyl (C=O) groups excluding carboxylic acids is 1. The van der Waals surface area contributed by atoms with E-state index in [9.17, 15) is 4.79 Å². The molecule has 2 unspecified atom stereocenters. The van der Waals surface area contributed by atoms with Crippen molar-refractivity contribution in [2.75, 3.05) is 13.1 Å². The molecule has 0 bridgehead atoms. The van der Waals surface area contributed by atoms with Crippen molar-refractivity contribution in [3.63, 3.8) is 0 Å². The summed E-state index contributed by atoms with van der Waals surface area (Å²) in [6.45, 7) is 4.11. The minimum absolute atomic E-state index is 0.0422. The van der Waals surface area contributed by atoms with E-state index in [4.69, 9.17) is 0 Å². The summed E-state index contributed by atoms with van der Waals surface area (Å²) in [7, 11) is 1.82. The van der Waals surface area contributed by atoms with E-state index in [2.05, 4.69) is 22.5 Å². The highest BCUT2D eigenvalue weighted by molar-refractivity contribution is 5.92. The maximum absolute atomic E-state index is 11.9. The molecule has 5 heteroatoms. The number of aryl methyl sites for hydroxylation is 1. The van der Waals surface area contributed by atoms with Crippen LogP contribution in [0.2, 0.25) is 0 Å². The number of carbonyl (C=O) groups is 1. The van der Waals surface area contributed by atoms with Gasteiger partial charge in [-0.15, -0.1) is 0 Å². The van der Waals surface area contributed by atoms with Gasteiger partial charge < -0.3 is 15.2 Å². The second-order valence-electron chi connectivity index (χ2n) is 4.40. The number of aromatic nitrogens is 2. The van der Waals surface area contributed by atoms with E-state index in [1.165, 1.54) is 0 Å². The first-order valence-electron chi connectivity index (χ1n) is 5.66. The van der Waals surface area contributed by atoms with E-state index in [0.717, 1.165) is 19.5 Å². The minimum Gasteiger partial charge on any atom is -0.348 e. The summed E-state index contributed by atoms with van der Waals surface area (Å²) in [4.78, 5) is 15.8. The zero-order valence-corrected chi connectivity index (χ0v) is 9.73. The molecule has 0 radical (unpaired) electrons. The maximum Gasteiger partial charge on any atom is 0.269 e. The average Bonchev–Trinajstić information content (AvgIpc) is 2.86. The molecule has 1 saturated heterocycles. The van der Waals surface area contributed by atoms with Crippen molar-refractivity contribution in [3.05, 3.63) is 18.2 Å². The second-order valence-corrected chi connectivity index (χ2v) is 4.40. The Bertz CT molecular complexity index is 368. The van der Waals surface area contributed by atoms with Crippen molar-refractivity contribution in [1.29, 1.82) is 0 Å². The number of nitrogens with zero attached hydrogens (tertiary/aromatic N) is 2. The lowest BCUT2D eigenvalue weighted by Crippen LogP contribution is -2.39. The number of rotatable bonds is 3. The number of nitrogens with one attached hydrogen (secondary N) is 2. The summed E-state index contributed by atoms with van der Waals surface area (Å²) in [5.74, 6) is 0.497. The van der Waals surface area contributed by atoms with Gasteiger partial charge in [0.2, 0.25) is 0 Å². The number of hydrogen-bond donors (Lipinski definition) is 2. The van der Waals surface area contributed by atoms with Gasteiger partial charge in [-0.25, -0.2) is 4.98 Å². The molecule has 1 aliphatic rings. The fourth-order valence-corrected chi connectivity index (χ4v) is 2.08. The molecule has 0 saturated carbocycles. The van der Waals surface area contributed by atoms with Gasteiger partial charge in [-0.1, -0.05) is 0 Å².